The van der Waals surface area contributed by atoms with Crippen LogP contribution in [0.4, 0.5) is 0 Å². The van der Waals surface area contributed by atoms with Crippen LogP contribution in [0.15, 0.2) is 36.4 Å². The molecule has 1 aromatic heterocycles. The van der Waals surface area contributed by atoms with Gasteiger partial charge in [-0.1, -0.05) is 30.3 Å². The van der Waals surface area contributed by atoms with Crippen molar-refractivity contribution in [2.24, 2.45) is 5.92 Å². The van der Waals surface area contributed by atoms with Crippen molar-refractivity contribution in [1.82, 2.24) is 25.1 Å². The van der Waals surface area contributed by atoms with Gasteiger partial charge in [0.05, 0.1) is 0 Å². The molecule has 2 amide bonds. The third kappa shape index (κ3) is 6.60. The van der Waals surface area contributed by atoms with Gasteiger partial charge >= 0.3 is 0 Å². The van der Waals surface area contributed by atoms with Gasteiger partial charge in [-0.2, -0.15) is 0 Å². The molecule has 7 heteroatoms. The lowest BCUT2D eigenvalue weighted by Crippen LogP contribution is -2.40. The first-order valence-electron chi connectivity index (χ1n) is 12.1. The van der Waals surface area contributed by atoms with E-state index in [0.717, 1.165) is 64.1 Å². The van der Waals surface area contributed by atoms with Crippen LogP contribution < -0.4 is 5.32 Å². The summed E-state index contributed by atoms with van der Waals surface area (Å²) in [6, 6.07) is 12.5. The number of hydrogen-bond donors (Lipinski definition) is 1. The molecule has 2 fully saturated rings. The number of rotatable bonds is 7. The second-order valence-electron chi connectivity index (χ2n) is 9.49. The van der Waals surface area contributed by atoms with Crippen molar-refractivity contribution < 1.29 is 9.59 Å². The normalized spacial score (nSPS) is 19.6. The topological polar surface area (TPSA) is 78.4 Å². The van der Waals surface area contributed by atoms with Crippen LogP contribution in [0.2, 0.25) is 0 Å². The van der Waals surface area contributed by atoms with E-state index in [1.54, 1.807) is 6.07 Å². The summed E-state index contributed by atoms with van der Waals surface area (Å²) in [5.74, 6) is 1.27. The molecule has 1 unspecified atom stereocenters. The summed E-state index contributed by atoms with van der Waals surface area (Å²) >= 11 is 0. The number of hydrogen-bond acceptors (Lipinski definition) is 5. The van der Waals surface area contributed by atoms with Crippen molar-refractivity contribution in [3.05, 3.63) is 59.2 Å². The predicted molar refractivity (Wildman–Crippen MR) is 128 cm³/mol. The lowest BCUT2D eigenvalue weighted by Gasteiger charge is -2.32. The fourth-order valence-corrected chi connectivity index (χ4v) is 4.98. The van der Waals surface area contributed by atoms with E-state index >= 15 is 0 Å². The highest BCUT2D eigenvalue weighted by Crippen LogP contribution is 2.23. The van der Waals surface area contributed by atoms with E-state index in [0.29, 0.717) is 23.9 Å². The van der Waals surface area contributed by atoms with E-state index in [4.69, 9.17) is 0 Å². The molecule has 0 saturated carbocycles. The zero-order chi connectivity index (χ0) is 23.2. The fourth-order valence-electron chi connectivity index (χ4n) is 4.98. The molecule has 0 radical (unpaired) electrons. The zero-order valence-corrected chi connectivity index (χ0v) is 19.8. The molecule has 2 saturated heterocycles. The van der Waals surface area contributed by atoms with Gasteiger partial charge in [0, 0.05) is 50.9 Å². The maximum absolute atomic E-state index is 12.8. The van der Waals surface area contributed by atoms with Gasteiger partial charge in [0.25, 0.3) is 5.91 Å². The summed E-state index contributed by atoms with van der Waals surface area (Å²) < 4.78 is 0. The lowest BCUT2D eigenvalue weighted by atomic mass is 9.92. The van der Waals surface area contributed by atoms with Crippen molar-refractivity contribution in [2.75, 3.05) is 26.2 Å². The molecule has 4 rings (SSSR count). The van der Waals surface area contributed by atoms with E-state index in [2.05, 4.69) is 44.5 Å². The number of nitrogens with zero attached hydrogens (tertiary/aromatic N) is 4. The largest absolute Gasteiger partial charge is 0.352 e. The Labute approximate surface area is 196 Å². The Morgan fingerprint density at radius 1 is 1.03 bits per heavy atom. The molecule has 0 bridgehead atoms. The minimum Gasteiger partial charge on any atom is -0.352 e. The number of benzene rings is 1. The number of piperidine rings is 1. The molecule has 0 spiro atoms. The summed E-state index contributed by atoms with van der Waals surface area (Å²) in [6.07, 6.45) is 4.35. The maximum Gasteiger partial charge on any atom is 0.272 e. The SMILES string of the molecule is Cc1cc(C(=O)N2CCC(CCC(=O)NC3CCN(Cc4ccccc4)C3)CC2)nc(C)n1. The summed E-state index contributed by atoms with van der Waals surface area (Å²) in [6.45, 7) is 8.04. The first kappa shape index (κ1) is 23.4. The number of aromatic nitrogens is 2. The lowest BCUT2D eigenvalue weighted by molar-refractivity contribution is -0.122. The molecule has 7 nitrogen and oxygen atoms in total. The van der Waals surface area contributed by atoms with Crippen LogP contribution in [0.5, 0.6) is 0 Å². The Balaban J connectivity index is 1.15. The Morgan fingerprint density at radius 2 is 1.79 bits per heavy atom. The van der Waals surface area contributed by atoms with Gasteiger partial charge in [-0.05, 0) is 57.1 Å². The van der Waals surface area contributed by atoms with Crippen molar-refractivity contribution in [1.29, 1.82) is 0 Å². The first-order chi connectivity index (χ1) is 16.0. The van der Waals surface area contributed by atoms with E-state index in [-0.39, 0.29) is 17.9 Å². The Hall–Kier alpha value is -2.80. The Kier molecular flexibility index (Phi) is 7.70. The Bertz CT molecular complexity index is 936. The van der Waals surface area contributed by atoms with Crippen LogP contribution >= 0.6 is 0 Å². The van der Waals surface area contributed by atoms with Crippen molar-refractivity contribution in [2.45, 2.75) is 58.5 Å². The summed E-state index contributed by atoms with van der Waals surface area (Å²) in [5, 5.41) is 3.23. The molecular weight excluding hydrogens is 414 g/mol. The van der Waals surface area contributed by atoms with Crippen LogP contribution in [0, 0.1) is 19.8 Å². The van der Waals surface area contributed by atoms with Gasteiger partial charge < -0.3 is 10.2 Å². The molecule has 1 atom stereocenters. The second kappa shape index (κ2) is 10.9. The zero-order valence-electron chi connectivity index (χ0n) is 19.8. The van der Waals surface area contributed by atoms with Gasteiger partial charge in [0.2, 0.25) is 5.91 Å². The molecule has 2 aliphatic heterocycles. The smallest absolute Gasteiger partial charge is 0.272 e. The summed E-state index contributed by atoms with van der Waals surface area (Å²) in [5.41, 5.74) is 2.62. The summed E-state index contributed by atoms with van der Waals surface area (Å²) in [7, 11) is 0. The van der Waals surface area contributed by atoms with E-state index < -0.39 is 0 Å². The maximum atomic E-state index is 12.8. The van der Waals surface area contributed by atoms with Crippen LogP contribution in [0.25, 0.3) is 0 Å². The minimum absolute atomic E-state index is 0.0129. The van der Waals surface area contributed by atoms with Crippen LogP contribution in [-0.2, 0) is 11.3 Å². The third-order valence-electron chi connectivity index (χ3n) is 6.75. The fraction of sp³-hybridized carbons (Fsp3) is 0.538. The minimum atomic E-state index is -0.0129. The van der Waals surface area contributed by atoms with E-state index in [1.165, 1.54) is 5.56 Å². The highest BCUT2D eigenvalue weighted by Gasteiger charge is 2.27. The van der Waals surface area contributed by atoms with Crippen LogP contribution in [0.3, 0.4) is 0 Å². The first-order valence-corrected chi connectivity index (χ1v) is 12.1. The van der Waals surface area contributed by atoms with Crippen molar-refractivity contribution in [3.63, 3.8) is 0 Å². The molecule has 1 aromatic carbocycles. The number of likely N-dealkylation sites (tertiary alicyclic amines) is 2. The van der Waals surface area contributed by atoms with E-state index in [1.807, 2.05) is 24.8 Å². The summed E-state index contributed by atoms with van der Waals surface area (Å²) in [4.78, 5) is 38.2. The second-order valence-corrected chi connectivity index (χ2v) is 9.49. The molecule has 2 aliphatic rings. The number of carbonyl (C=O) groups is 2. The van der Waals surface area contributed by atoms with Gasteiger partial charge in [-0.3, -0.25) is 14.5 Å². The van der Waals surface area contributed by atoms with Gasteiger partial charge in [-0.25, -0.2) is 9.97 Å². The van der Waals surface area contributed by atoms with E-state index in [9.17, 15) is 9.59 Å². The molecular formula is C26H35N5O2. The molecule has 176 valence electrons. The standard InChI is InChI=1S/C26H35N5O2/c1-19-16-24(28-20(2)27-19)26(33)31-14-10-21(11-15-31)8-9-25(32)29-23-12-13-30(18-23)17-22-6-4-3-5-7-22/h3-7,16,21,23H,8-15,17-18H2,1-2H3,(H,29,32). The van der Waals surface area contributed by atoms with Gasteiger partial charge in [-0.15, -0.1) is 0 Å². The Morgan fingerprint density at radius 3 is 2.52 bits per heavy atom. The number of nitrogens with one attached hydrogen (secondary N) is 1. The number of amides is 2. The average molecular weight is 450 g/mol. The average Bonchev–Trinajstić information content (AvgIpc) is 3.24. The predicted octanol–water partition coefficient (Wildman–Crippen LogP) is 3.12. The van der Waals surface area contributed by atoms with Crippen molar-refractivity contribution in [3.8, 4) is 0 Å². The van der Waals surface area contributed by atoms with Gasteiger partial charge in [0.15, 0.2) is 0 Å². The quantitative estimate of drug-likeness (QED) is 0.703. The third-order valence-corrected chi connectivity index (χ3v) is 6.75. The molecule has 33 heavy (non-hydrogen) atoms. The molecule has 2 aromatic rings. The number of aryl methyl sites for hydroxylation is 2. The molecule has 3 heterocycles. The molecule has 1 N–H and O–H groups in total. The highest BCUT2D eigenvalue weighted by molar-refractivity contribution is 5.92. The highest BCUT2D eigenvalue weighted by atomic mass is 16.2. The van der Waals surface area contributed by atoms with Crippen molar-refractivity contribution >= 4 is 11.8 Å². The van der Waals surface area contributed by atoms with Gasteiger partial charge in [0.1, 0.15) is 11.5 Å². The van der Waals surface area contributed by atoms with Crippen LogP contribution in [0.1, 0.15) is 59.7 Å². The molecule has 0 aliphatic carbocycles. The number of carbonyl (C=O) groups excluding carboxylic acids is 2. The van der Waals surface area contributed by atoms with Crippen LogP contribution in [-0.4, -0.2) is 63.8 Å². The monoisotopic (exact) mass is 449 g/mol.